The molecule has 2 aliphatic rings. The van der Waals surface area contributed by atoms with Crippen molar-refractivity contribution in [3.8, 4) is 0 Å². The van der Waals surface area contributed by atoms with Gasteiger partial charge in [0.05, 0.1) is 6.61 Å². The number of hydrogen-bond donors (Lipinski definition) is 1. The maximum atomic E-state index is 12.4. The number of benzene rings is 1. The highest BCUT2D eigenvalue weighted by Crippen LogP contribution is 2.34. The van der Waals surface area contributed by atoms with Crippen LogP contribution in [0.15, 0.2) is 30.3 Å². The molecule has 0 aliphatic carbocycles. The van der Waals surface area contributed by atoms with Crippen molar-refractivity contribution < 1.29 is 14.6 Å². The van der Waals surface area contributed by atoms with Crippen molar-refractivity contribution in [2.45, 2.75) is 56.2 Å². The predicted molar refractivity (Wildman–Crippen MR) is 84.6 cm³/mol. The number of carbonyl (C=O) groups excluding carboxylic acids is 1. The summed E-state index contributed by atoms with van der Waals surface area (Å²) in [5, 5.41) is 9.57. The quantitative estimate of drug-likeness (QED) is 0.867. The van der Waals surface area contributed by atoms with Gasteiger partial charge in [-0.3, -0.25) is 4.79 Å². The van der Waals surface area contributed by atoms with Crippen molar-refractivity contribution >= 4 is 5.97 Å². The highest BCUT2D eigenvalue weighted by molar-refractivity contribution is 5.78. The van der Waals surface area contributed by atoms with E-state index in [9.17, 15) is 9.90 Å². The number of ether oxygens (including phenoxy) is 1. The molecule has 0 spiro atoms. The first kappa shape index (κ1) is 15.5. The molecule has 3 rings (SSSR count). The van der Waals surface area contributed by atoms with E-state index in [0.29, 0.717) is 12.1 Å². The third-order valence-electron chi connectivity index (χ3n) is 5.25. The molecule has 0 saturated carbocycles. The van der Waals surface area contributed by atoms with Crippen molar-refractivity contribution in [2.24, 2.45) is 0 Å². The summed E-state index contributed by atoms with van der Waals surface area (Å²) in [6.45, 7) is -0.206. The van der Waals surface area contributed by atoms with Crippen molar-refractivity contribution in [1.29, 1.82) is 0 Å². The Morgan fingerprint density at radius 3 is 2.50 bits per heavy atom. The molecule has 1 N–H and O–H groups in total. The molecule has 0 amide bonds. The Morgan fingerprint density at radius 2 is 1.91 bits per heavy atom. The molecular formula is C18H25NO3. The Hall–Kier alpha value is -1.39. The second-order valence-corrected chi connectivity index (χ2v) is 6.58. The van der Waals surface area contributed by atoms with Crippen LogP contribution in [0.25, 0.3) is 0 Å². The van der Waals surface area contributed by atoms with Crippen molar-refractivity contribution in [1.82, 2.24) is 4.90 Å². The van der Waals surface area contributed by atoms with Crippen LogP contribution in [0, 0.1) is 0 Å². The van der Waals surface area contributed by atoms with Gasteiger partial charge in [0, 0.05) is 12.1 Å². The van der Waals surface area contributed by atoms with Gasteiger partial charge in [-0.05, 0) is 38.3 Å². The van der Waals surface area contributed by atoms with Crippen molar-refractivity contribution in [3.63, 3.8) is 0 Å². The van der Waals surface area contributed by atoms with E-state index in [1.54, 1.807) is 0 Å². The van der Waals surface area contributed by atoms with E-state index >= 15 is 0 Å². The standard InChI is InChI=1S/C18H25NO3/c1-19-14-8-5-9-15(19)11-16(10-14)22-18(21)17(12-20)13-6-3-2-4-7-13/h2-4,6-7,14-17,20H,5,8-12H2,1H3. The van der Waals surface area contributed by atoms with Crippen LogP contribution >= 0.6 is 0 Å². The van der Waals surface area contributed by atoms with Gasteiger partial charge in [-0.25, -0.2) is 0 Å². The van der Waals surface area contributed by atoms with Crippen LogP contribution in [0.2, 0.25) is 0 Å². The average molecular weight is 303 g/mol. The minimum atomic E-state index is -0.569. The molecule has 0 aromatic heterocycles. The lowest BCUT2D eigenvalue weighted by molar-refractivity contribution is -0.157. The maximum Gasteiger partial charge on any atom is 0.316 e. The monoisotopic (exact) mass is 303 g/mol. The molecule has 2 bridgehead atoms. The summed E-state index contributed by atoms with van der Waals surface area (Å²) in [6.07, 6.45) is 5.52. The van der Waals surface area contributed by atoms with Gasteiger partial charge in [0.2, 0.25) is 0 Å². The summed E-state index contributed by atoms with van der Waals surface area (Å²) in [5.41, 5.74) is 0.822. The molecule has 1 aromatic carbocycles. The number of aliphatic hydroxyl groups is 1. The SMILES string of the molecule is CN1C2CCCC1CC(OC(=O)C(CO)c1ccccc1)C2. The van der Waals surface area contributed by atoms with E-state index in [1.807, 2.05) is 30.3 Å². The van der Waals surface area contributed by atoms with Gasteiger partial charge >= 0.3 is 5.97 Å². The van der Waals surface area contributed by atoms with E-state index in [2.05, 4.69) is 11.9 Å². The van der Waals surface area contributed by atoms with Crippen LogP contribution < -0.4 is 0 Å². The fourth-order valence-corrected chi connectivity index (χ4v) is 3.91. The van der Waals surface area contributed by atoms with E-state index in [-0.39, 0.29) is 18.7 Å². The molecule has 120 valence electrons. The fourth-order valence-electron chi connectivity index (χ4n) is 3.91. The summed E-state index contributed by atoms with van der Waals surface area (Å²) in [4.78, 5) is 14.9. The number of carbonyl (C=O) groups is 1. The number of hydrogen-bond acceptors (Lipinski definition) is 4. The maximum absolute atomic E-state index is 12.4. The van der Waals surface area contributed by atoms with Gasteiger partial charge in [0.25, 0.3) is 0 Å². The molecule has 3 unspecified atom stereocenters. The average Bonchev–Trinajstić information content (AvgIpc) is 2.50. The molecule has 1 aromatic rings. The van der Waals surface area contributed by atoms with E-state index in [4.69, 9.17) is 4.74 Å². The normalized spacial score (nSPS) is 29.8. The number of nitrogens with zero attached hydrogens (tertiary/aromatic N) is 1. The van der Waals surface area contributed by atoms with Gasteiger partial charge in [0.1, 0.15) is 12.0 Å². The summed E-state index contributed by atoms with van der Waals surface area (Å²) < 4.78 is 5.76. The fraction of sp³-hybridized carbons (Fsp3) is 0.611. The lowest BCUT2D eigenvalue weighted by atomic mass is 9.83. The minimum absolute atomic E-state index is 0.00300. The second kappa shape index (κ2) is 6.80. The van der Waals surface area contributed by atoms with E-state index in [0.717, 1.165) is 18.4 Å². The zero-order valence-electron chi connectivity index (χ0n) is 13.1. The summed E-state index contributed by atoms with van der Waals surface area (Å²) >= 11 is 0. The highest BCUT2D eigenvalue weighted by Gasteiger charge is 2.38. The Labute approximate surface area is 132 Å². The Bertz CT molecular complexity index is 490. The van der Waals surface area contributed by atoms with Crippen LogP contribution in [-0.4, -0.2) is 47.8 Å². The lowest BCUT2D eigenvalue weighted by Gasteiger charge is -2.46. The molecule has 2 heterocycles. The number of fused-ring (bicyclic) bond motifs is 2. The van der Waals surface area contributed by atoms with E-state index < -0.39 is 5.92 Å². The first-order valence-corrected chi connectivity index (χ1v) is 8.27. The topological polar surface area (TPSA) is 49.8 Å². The van der Waals surface area contributed by atoms with Gasteiger partial charge < -0.3 is 14.7 Å². The van der Waals surface area contributed by atoms with Gasteiger partial charge in [0.15, 0.2) is 0 Å². The van der Waals surface area contributed by atoms with Crippen molar-refractivity contribution in [3.05, 3.63) is 35.9 Å². The minimum Gasteiger partial charge on any atom is -0.462 e. The van der Waals surface area contributed by atoms with E-state index in [1.165, 1.54) is 19.3 Å². The zero-order valence-corrected chi connectivity index (χ0v) is 13.1. The molecule has 2 aliphatic heterocycles. The van der Waals surface area contributed by atoms with Crippen LogP contribution in [-0.2, 0) is 9.53 Å². The third-order valence-corrected chi connectivity index (χ3v) is 5.25. The lowest BCUT2D eigenvalue weighted by Crippen LogP contribution is -2.52. The summed E-state index contributed by atoms with van der Waals surface area (Å²) in [5.74, 6) is -0.859. The number of rotatable bonds is 4. The second-order valence-electron chi connectivity index (χ2n) is 6.58. The predicted octanol–water partition coefficient (Wildman–Crippen LogP) is 2.32. The first-order chi connectivity index (χ1) is 10.7. The Kier molecular flexibility index (Phi) is 4.79. The van der Waals surface area contributed by atoms with Crippen LogP contribution in [0.1, 0.15) is 43.6 Å². The number of aliphatic hydroxyl groups excluding tert-OH is 1. The van der Waals surface area contributed by atoms with Gasteiger partial charge in [-0.2, -0.15) is 0 Å². The molecule has 4 nitrogen and oxygen atoms in total. The highest BCUT2D eigenvalue weighted by atomic mass is 16.5. The molecule has 2 saturated heterocycles. The van der Waals surface area contributed by atoms with Crippen molar-refractivity contribution in [2.75, 3.05) is 13.7 Å². The smallest absolute Gasteiger partial charge is 0.316 e. The number of esters is 1. The molecule has 2 fully saturated rings. The summed E-state index contributed by atoms with van der Waals surface area (Å²) in [6, 6.07) is 10.5. The molecule has 22 heavy (non-hydrogen) atoms. The Balaban J connectivity index is 1.64. The first-order valence-electron chi connectivity index (χ1n) is 8.27. The Morgan fingerprint density at radius 1 is 1.27 bits per heavy atom. The third kappa shape index (κ3) is 3.18. The van der Waals surface area contributed by atoms with Gasteiger partial charge in [-0.1, -0.05) is 36.8 Å². The summed E-state index contributed by atoms with van der Waals surface area (Å²) in [7, 11) is 2.19. The largest absolute Gasteiger partial charge is 0.462 e. The zero-order chi connectivity index (χ0) is 15.5. The number of piperidine rings is 2. The van der Waals surface area contributed by atoms with Crippen LogP contribution in [0.5, 0.6) is 0 Å². The van der Waals surface area contributed by atoms with Crippen LogP contribution in [0.4, 0.5) is 0 Å². The molecular weight excluding hydrogens is 278 g/mol. The van der Waals surface area contributed by atoms with Crippen LogP contribution in [0.3, 0.4) is 0 Å². The molecule has 4 heteroatoms. The molecule has 3 atom stereocenters. The van der Waals surface area contributed by atoms with Gasteiger partial charge in [-0.15, -0.1) is 0 Å². The molecule has 0 radical (unpaired) electrons.